The van der Waals surface area contributed by atoms with Crippen molar-refractivity contribution >= 4 is 22.6 Å². The van der Waals surface area contributed by atoms with Crippen LogP contribution in [0.2, 0.25) is 0 Å². The largest absolute Gasteiger partial charge is 0.459 e. The van der Waals surface area contributed by atoms with Crippen LogP contribution in [-0.4, -0.2) is 25.6 Å². The van der Waals surface area contributed by atoms with Gasteiger partial charge >= 0.3 is 0 Å². The fourth-order valence-corrected chi connectivity index (χ4v) is 3.38. The number of furan rings is 1. The van der Waals surface area contributed by atoms with E-state index in [1.807, 2.05) is 36.7 Å². The Morgan fingerprint density at radius 3 is 2.71 bits per heavy atom. The Bertz CT molecular complexity index is 1330. The summed E-state index contributed by atoms with van der Waals surface area (Å²) in [4.78, 5) is 21.1. The monoisotopic (exact) mass is 413 g/mol. The number of hydrogen-bond acceptors (Lipinski definition) is 6. The molecule has 0 spiro atoms. The molecule has 2 aromatic carbocycles. The summed E-state index contributed by atoms with van der Waals surface area (Å²) < 4.78 is 12.7. The van der Waals surface area contributed by atoms with E-state index < -0.39 is 0 Å². The van der Waals surface area contributed by atoms with Crippen LogP contribution in [0, 0.1) is 0 Å². The van der Waals surface area contributed by atoms with Gasteiger partial charge in [0.2, 0.25) is 5.82 Å². The molecule has 31 heavy (non-hydrogen) atoms. The molecule has 0 atom stereocenters. The van der Waals surface area contributed by atoms with E-state index in [0.717, 1.165) is 35.1 Å². The number of rotatable bonds is 6. The summed E-state index contributed by atoms with van der Waals surface area (Å²) in [5, 5.41) is 6.89. The Kier molecular flexibility index (Phi) is 4.80. The number of hydrogen-bond donors (Lipinski definition) is 1. The number of imidazole rings is 1. The molecular formula is C23H19N5O3. The zero-order chi connectivity index (χ0) is 21.2. The molecule has 0 saturated heterocycles. The van der Waals surface area contributed by atoms with Crippen LogP contribution < -0.4 is 5.32 Å². The van der Waals surface area contributed by atoms with Crippen LogP contribution in [0.25, 0.3) is 33.9 Å². The van der Waals surface area contributed by atoms with Crippen LogP contribution in [0.3, 0.4) is 0 Å². The lowest BCUT2D eigenvalue weighted by molar-refractivity contribution is 0.0996. The van der Waals surface area contributed by atoms with E-state index in [1.54, 1.807) is 24.3 Å². The first-order valence-electron chi connectivity index (χ1n) is 9.95. The third-order valence-electron chi connectivity index (χ3n) is 4.90. The molecule has 0 unspecified atom stereocenters. The van der Waals surface area contributed by atoms with E-state index in [-0.39, 0.29) is 11.7 Å². The van der Waals surface area contributed by atoms with Crippen LogP contribution in [0.1, 0.15) is 23.9 Å². The summed E-state index contributed by atoms with van der Waals surface area (Å²) >= 11 is 0. The number of aromatic nitrogens is 4. The van der Waals surface area contributed by atoms with Crippen LogP contribution in [0.4, 0.5) is 5.69 Å². The van der Waals surface area contributed by atoms with E-state index in [9.17, 15) is 4.79 Å². The Morgan fingerprint density at radius 2 is 1.94 bits per heavy atom. The van der Waals surface area contributed by atoms with E-state index in [1.165, 1.54) is 6.26 Å². The summed E-state index contributed by atoms with van der Waals surface area (Å²) in [5.74, 6) is 0.837. The minimum Gasteiger partial charge on any atom is -0.459 e. The minimum atomic E-state index is -0.311. The van der Waals surface area contributed by atoms with Gasteiger partial charge in [-0.3, -0.25) is 4.79 Å². The predicted octanol–water partition coefficient (Wildman–Crippen LogP) is 5.01. The number of nitrogens with one attached hydrogen (secondary N) is 1. The average Bonchev–Trinajstić information content (AvgIpc) is 3.55. The van der Waals surface area contributed by atoms with Crippen molar-refractivity contribution in [1.82, 2.24) is 19.7 Å². The zero-order valence-corrected chi connectivity index (χ0v) is 16.8. The van der Waals surface area contributed by atoms with Crippen molar-refractivity contribution in [2.45, 2.75) is 19.9 Å². The van der Waals surface area contributed by atoms with Gasteiger partial charge in [0, 0.05) is 23.4 Å². The first-order chi connectivity index (χ1) is 15.2. The molecule has 8 heteroatoms. The SMILES string of the molecule is CCCn1cnc2cc(-c3noc(-c4ccc(NC(=O)c5ccco5)cc4)n3)ccc21. The Labute approximate surface area is 177 Å². The molecule has 3 heterocycles. The maximum Gasteiger partial charge on any atom is 0.291 e. The van der Waals surface area contributed by atoms with Crippen molar-refractivity contribution in [2.75, 3.05) is 5.32 Å². The van der Waals surface area contributed by atoms with Crippen molar-refractivity contribution in [3.63, 3.8) is 0 Å². The molecule has 0 radical (unpaired) electrons. The standard InChI is InChI=1S/C23H19N5O3/c1-2-11-28-14-24-18-13-16(7-10-19(18)28)21-26-23(31-27-21)15-5-8-17(9-6-15)25-22(29)20-4-3-12-30-20/h3-10,12-14H,2,11H2,1H3,(H,25,29). The number of anilines is 1. The average molecular weight is 413 g/mol. The van der Waals surface area contributed by atoms with Crippen molar-refractivity contribution < 1.29 is 13.7 Å². The first kappa shape index (κ1) is 18.8. The van der Waals surface area contributed by atoms with E-state index in [4.69, 9.17) is 8.94 Å². The second-order valence-corrected chi connectivity index (χ2v) is 7.07. The van der Waals surface area contributed by atoms with Crippen molar-refractivity contribution in [3.05, 3.63) is 72.9 Å². The fourth-order valence-electron chi connectivity index (χ4n) is 3.38. The van der Waals surface area contributed by atoms with Gasteiger partial charge in [-0.2, -0.15) is 4.98 Å². The third kappa shape index (κ3) is 3.71. The summed E-state index contributed by atoms with van der Waals surface area (Å²) in [6.45, 7) is 3.07. The lowest BCUT2D eigenvalue weighted by Crippen LogP contribution is -2.10. The first-order valence-corrected chi connectivity index (χ1v) is 9.95. The van der Waals surface area contributed by atoms with Gasteiger partial charge in [-0.25, -0.2) is 4.98 Å². The smallest absolute Gasteiger partial charge is 0.291 e. The topological polar surface area (TPSA) is 99.0 Å². The van der Waals surface area contributed by atoms with Gasteiger partial charge in [0.05, 0.1) is 23.6 Å². The lowest BCUT2D eigenvalue weighted by atomic mass is 10.2. The van der Waals surface area contributed by atoms with Gasteiger partial charge in [-0.15, -0.1) is 0 Å². The van der Waals surface area contributed by atoms with Gasteiger partial charge in [0.15, 0.2) is 5.76 Å². The van der Waals surface area contributed by atoms with Gasteiger partial charge in [-0.1, -0.05) is 12.1 Å². The van der Waals surface area contributed by atoms with E-state index in [2.05, 4.69) is 31.9 Å². The van der Waals surface area contributed by atoms with Crippen LogP contribution in [-0.2, 0) is 6.54 Å². The second-order valence-electron chi connectivity index (χ2n) is 7.07. The van der Waals surface area contributed by atoms with Crippen LogP contribution >= 0.6 is 0 Å². The molecule has 1 N–H and O–H groups in total. The van der Waals surface area contributed by atoms with Crippen molar-refractivity contribution in [2.24, 2.45) is 0 Å². The molecule has 0 aliphatic carbocycles. The fraction of sp³-hybridized carbons (Fsp3) is 0.130. The zero-order valence-electron chi connectivity index (χ0n) is 16.8. The number of aryl methyl sites for hydroxylation is 1. The molecule has 5 aromatic rings. The molecule has 0 saturated carbocycles. The molecule has 0 aliphatic rings. The van der Waals surface area contributed by atoms with E-state index >= 15 is 0 Å². The molecule has 5 rings (SSSR count). The maximum absolute atomic E-state index is 12.1. The maximum atomic E-state index is 12.1. The van der Waals surface area contributed by atoms with Gasteiger partial charge in [0.1, 0.15) is 0 Å². The van der Waals surface area contributed by atoms with E-state index in [0.29, 0.717) is 17.4 Å². The van der Waals surface area contributed by atoms with Gasteiger partial charge in [0.25, 0.3) is 11.8 Å². The number of benzene rings is 2. The Balaban J connectivity index is 1.34. The lowest BCUT2D eigenvalue weighted by Gasteiger charge is -2.03. The number of carbonyl (C=O) groups is 1. The molecule has 8 nitrogen and oxygen atoms in total. The third-order valence-corrected chi connectivity index (χ3v) is 4.90. The molecule has 0 fully saturated rings. The predicted molar refractivity (Wildman–Crippen MR) is 115 cm³/mol. The van der Waals surface area contributed by atoms with Crippen molar-refractivity contribution in [1.29, 1.82) is 0 Å². The highest BCUT2D eigenvalue weighted by atomic mass is 16.5. The highest BCUT2D eigenvalue weighted by Gasteiger charge is 2.13. The number of amides is 1. The quantitative estimate of drug-likeness (QED) is 0.420. The second kappa shape index (κ2) is 7.91. The number of nitrogens with zero attached hydrogens (tertiary/aromatic N) is 4. The van der Waals surface area contributed by atoms with Crippen LogP contribution in [0.15, 0.2) is 76.1 Å². The molecule has 0 aliphatic heterocycles. The molecule has 1 amide bonds. The highest BCUT2D eigenvalue weighted by Crippen LogP contribution is 2.26. The summed E-state index contributed by atoms with van der Waals surface area (Å²) in [7, 11) is 0. The van der Waals surface area contributed by atoms with Gasteiger partial charge in [-0.05, 0) is 61.0 Å². The molecule has 154 valence electrons. The minimum absolute atomic E-state index is 0.252. The van der Waals surface area contributed by atoms with Crippen molar-refractivity contribution in [3.8, 4) is 22.8 Å². The summed E-state index contributed by atoms with van der Waals surface area (Å²) in [6.07, 6.45) is 4.36. The van der Waals surface area contributed by atoms with Gasteiger partial charge < -0.3 is 18.8 Å². The number of fused-ring (bicyclic) bond motifs is 1. The molecule has 0 bridgehead atoms. The summed E-state index contributed by atoms with van der Waals surface area (Å²) in [6, 6.07) is 16.4. The molecule has 3 aromatic heterocycles. The normalized spacial score (nSPS) is 11.1. The summed E-state index contributed by atoms with van der Waals surface area (Å²) in [5.41, 5.74) is 4.21. The molecular weight excluding hydrogens is 394 g/mol. The Morgan fingerprint density at radius 1 is 1.10 bits per heavy atom. The Hall–Kier alpha value is -4.20. The highest BCUT2D eigenvalue weighted by molar-refractivity contribution is 6.02. The number of carbonyl (C=O) groups excluding carboxylic acids is 1. The van der Waals surface area contributed by atoms with Crippen LogP contribution in [0.5, 0.6) is 0 Å².